The first-order chi connectivity index (χ1) is 13.1. The Morgan fingerprint density at radius 3 is 2.52 bits per heavy atom. The maximum Gasteiger partial charge on any atom is 0.339 e. The molecule has 1 unspecified atom stereocenters. The van der Waals surface area contributed by atoms with Crippen LogP contribution in [-0.2, 0) is 17.7 Å². The van der Waals surface area contributed by atoms with Crippen LogP contribution in [0.15, 0.2) is 65.5 Å². The molecule has 2 aromatic carbocycles. The van der Waals surface area contributed by atoms with Crippen LogP contribution in [0, 0.1) is 6.92 Å². The Bertz CT molecular complexity index is 1070. The van der Waals surface area contributed by atoms with E-state index in [1.807, 2.05) is 30.3 Å². The maximum atomic E-state index is 13.1. The number of aromatic hydroxyl groups is 1. The van der Waals surface area contributed by atoms with E-state index in [1.165, 1.54) is 0 Å². The number of fused-ring (bicyclic) bond motifs is 1. The molecule has 27 heavy (non-hydrogen) atoms. The van der Waals surface area contributed by atoms with Crippen LogP contribution >= 0.6 is 0 Å². The van der Waals surface area contributed by atoms with Crippen LogP contribution in [0.3, 0.4) is 0 Å². The summed E-state index contributed by atoms with van der Waals surface area (Å²) in [6.07, 6.45) is -0.197. The molecule has 1 aliphatic rings. The van der Waals surface area contributed by atoms with E-state index in [0.717, 1.165) is 5.56 Å². The number of hydrogen-bond donors (Lipinski definition) is 1. The zero-order valence-electron chi connectivity index (χ0n) is 14.9. The number of aromatic nitrogens is 1. The second-order valence-electron chi connectivity index (χ2n) is 6.65. The molecule has 0 saturated carbocycles. The van der Waals surface area contributed by atoms with Crippen LogP contribution in [0.25, 0.3) is 0 Å². The second-order valence-corrected chi connectivity index (χ2v) is 6.65. The lowest BCUT2D eigenvalue weighted by Gasteiger charge is -2.17. The van der Waals surface area contributed by atoms with Crippen LogP contribution in [0.1, 0.15) is 38.8 Å². The Hall–Kier alpha value is -3.34. The highest BCUT2D eigenvalue weighted by atomic mass is 16.5. The molecule has 136 valence electrons. The average molecular weight is 361 g/mol. The van der Waals surface area contributed by atoms with Gasteiger partial charge in [-0.25, -0.2) is 4.79 Å². The topological polar surface area (TPSA) is 68.5 Å². The second kappa shape index (κ2) is 6.76. The van der Waals surface area contributed by atoms with Crippen molar-refractivity contribution < 1.29 is 14.6 Å². The quantitative estimate of drug-likeness (QED) is 0.724. The first-order valence-corrected chi connectivity index (χ1v) is 8.83. The van der Waals surface area contributed by atoms with E-state index >= 15 is 0 Å². The average Bonchev–Trinajstić information content (AvgIpc) is 2.99. The van der Waals surface area contributed by atoms with Crippen LogP contribution in [0.5, 0.6) is 5.75 Å². The van der Waals surface area contributed by atoms with Crippen LogP contribution in [0.2, 0.25) is 0 Å². The monoisotopic (exact) mass is 361 g/mol. The molecule has 1 aromatic heterocycles. The minimum atomic E-state index is -0.884. The molecule has 0 saturated heterocycles. The van der Waals surface area contributed by atoms with Gasteiger partial charge in [0.1, 0.15) is 11.3 Å². The Morgan fingerprint density at radius 2 is 1.74 bits per heavy atom. The van der Waals surface area contributed by atoms with Crippen molar-refractivity contribution in [3.63, 3.8) is 0 Å². The first-order valence-electron chi connectivity index (χ1n) is 8.83. The van der Waals surface area contributed by atoms with Crippen molar-refractivity contribution in [2.45, 2.75) is 26.0 Å². The standard InChI is InChI=1S/C22H19NO4/c1-14-13-18(24)19(20-16-9-5-6-10-17(16)22(26)27-20)21(25)23(14)12-11-15-7-3-2-4-8-15/h2-10,13,20,24H,11-12H2,1H3. The molecule has 2 heterocycles. The van der Waals surface area contributed by atoms with Gasteiger partial charge in [-0.2, -0.15) is 0 Å². The highest BCUT2D eigenvalue weighted by molar-refractivity contribution is 5.94. The molecular weight excluding hydrogens is 342 g/mol. The highest BCUT2D eigenvalue weighted by Crippen LogP contribution is 2.37. The van der Waals surface area contributed by atoms with Crippen molar-refractivity contribution in [1.82, 2.24) is 4.57 Å². The number of aryl methyl sites for hydroxylation is 2. The van der Waals surface area contributed by atoms with Crippen LogP contribution in [-0.4, -0.2) is 15.6 Å². The molecule has 5 nitrogen and oxygen atoms in total. The van der Waals surface area contributed by atoms with Crippen molar-refractivity contribution in [3.05, 3.63) is 99.0 Å². The van der Waals surface area contributed by atoms with Gasteiger partial charge in [-0.1, -0.05) is 48.5 Å². The number of hydrogen-bond acceptors (Lipinski definition) is 4. The number of nitrogens with zero attached hydrogens (tertiary/aromatic N) is 1. The third-order valence-electron chi connectivity index (χ3n) is 4.94. The van der Waals surface area contributed by atoms with E-state index in [4.69, 9.17) is 4.74 Å². The van der Waals surface area contributed by atoms with Gasteiger partial charge in [0.25, 0.3) is 5.56 Å². The highest BCUT2D eigenvalue weighted by Gasteiger charge is 2.35. The summed E-state index contributed by atoms with van der Waals surface area (Å²) in [7, 11) is 0. The van der Waals surface area contributed by atoms with Gasteiger partial charge in [-0.15, -0.1) is 0 Å². The van der Waals surface area contributed by atoms with Crippen LogP contribution < -0.4 is 5.56 Å². The summed E-state index contributed by atoms with van der Waals surface area (Å²) >= 11 is 0. The summed E-state index contributed by atoms with van der Waals surface area (Å²) in [5.74, 6) is -0.631. The number of benzene rings is 2. The minimum absolute atomic E-state index is 0.104. The summed E-state index contributed by atoms with van der Waals surface area (Å²) < 4.78 is 7.05. The molecule has 0 fully saturated rings. The molecule has 1 aliphatic heterocycles. The predicted molar refractivity (Wildman–Crippen MR) is 101 cm³/mol. The maximum absolute atomic E-state index is 13.1. The predicted octanol–water partition coefficient (Wildman–Crippen LogP) is 3.36. The van der Waals surface area contributed by atoms with Gasteiger partial charge in [0.2, 0.25) is 0 Å². The van der Waals surface area contributed by atoms with Crippen molar-refractivity contribution in [1.29, 1.82) is 0 Å². The van der Waals surface area contributed by atoms with Gasteiger partial charge in [0, 0.05) is 17.8 Å². The fourth-order valence-electron chi connectivity index (χ4n) is 3.54. The molecule has 1 atom stereocenters. The number of pyridine rings is 1. The number of cyclic esters (lactones) is 1. The number of ether oxygens (including phenoxy) is 1. The van der Waals surface area contributed by atoms with E-state index in [2.05, 4.69) is 0 Å². The smallest absolute Gasteiger partial charge is 0.339 e. The Kier molecular flexibility index (Phi) is 4.28. The Morgan fingerprint density at radius 1 is 1.04 bits per heavy atom. The van der Waals surface area contributed by atoms with Crippen molar-refractivity contribution in [2.75, 3.05) is 0 Å². The molecule has 0 radical (unpaired) electrons. The lowest BCUT2D eigenvalue weighted by atomic mass is 9.99. The number of esters is 1. The summed E-state index contributed by atoms with van der Waals surface area (Å²) in [5.41, 5.74) is 2.59. The van der Waals surface area contributed by atoms with Gasteiger partial charge < -0.3 is 14.4 Å². The van der Waals surface area contributed by atoms with Gasteiger partial charge in [-0.05, 0) is 31.0 Å². The summed E-state index contributed by atoms with van der Waals surface area (Å²) in [4.78, 5) is 25.3. The lowest BCUT2D eigenvalue weighted by Crippen LogP contribution is -2.28. The Labute approximate surface area is 156 Å². The first kappa shape index (κ1) is 17.1. The molecule has 3 aromatic rings. The molecule has 1 N–H and O–H groups in total. The van der Waals surface area contributed by atoms with Gasteiger partial charge in [0.05, 0.1) is 5.56 Å². The molecule has 0 amide bonds. The number of rotatable bonds is 4. The molecule has 0 aliphatic carbocycles. The molecular formula is C22H19NO4. The van der Waals surface area contributed by atoms with Crippen molar-refractivity contribution >= 4 is 5.97 Å². The number of carbonyl (C=O) groups is 1. The lowest BCUT2D eigenvalue weighted by molar-refractivity contribution is 0.0450. The van der Waals surface area contributed by atoms with E-state index in [0.29, 0.717) is 29.8 Å². The fraction of sp³-hybridized carbons (Fsp3) is 0.182. The molecule has 0 bridgehead atoms. The van der Waals surface area contributed by atoms with Gasteiger partial charge >= 0.3 is 5.97 Å². The number of carbonyl (C=O) groups excluding carboxylic acids is 1. The summed E-state index contributed by atoms with van der Waals surface area (Å²) in [5, 5.41) is 10.4. The van der Waals surface area contributed by atoms with E-state index in [-0.39, 0.29) is 16.9 Å². The minimum Gasteiger partial charge on any atom is -0.507 e. The van der Waals surface area contributed by atoms with E-state index < -0.39 is 12.1 Å². The molecule has 4 rings (SSSR count). The normalized spacial score (nSPS) is 15.4. The van der Waals surface area contributed by atoms with Gasteiger partial charge in [-0.3, -0.25) is 4.79 Å². The van der Waals surface area contributed by atoms with Crippen molar-refractivity contribution in [2.24, 2.45) is 0 Å². The largest absolute Gasteiger partial charge is 0.507 e. The Balaban J connectivity index is 1.75. The van der Waals surface area contributed by atoms with Crippen LogP contribution in [0.4, 0.5) is 0 Å². The summed E-state index contributed by atoms with van der Waals surface area (Å²) in [6, 6.07) is 18.4. The SMILES string of the molecule is Cc1cc(O)c(C2OC(=O)c3ccccc32)c(=O)n1CCc1ccccc1. The third-order valence-corrected chi connectivity index (χ3v) is 4.94. The fourth-order valence-corrected chi connectivity index (χ4v) is 3.54. The van der Waals surface area contributed by atoms with E-state index in [9.17, 15) is 14.7 Å². The molecule has 5 heteroatoms. The molecule has 0 spiro atoms. The third kappa shape index (κ3) is 3.01. The zero-order valence-corrected chi connectivity index (χ0v) is 14.9. The van der Waals surface area contributed by atoms with Crippen molar-refractivity contribution in [3.8, 4) is 5.75 Å². The summed E-state index contributed by atoms with van der Waals surface area (Å²) in [6.45, 7) is 2.26. The van der Waals surface area contributed by atoms with Gasteiger partial charge in [0.15, 0.2) is 6.10 Å². The van der Waals surface area contributed by atoms with E-state index in [1.54, 1.807) is 41.8 Å². The zero-order chi connectivity index (χ0) is 19.0.